The average Bonchev–Trinajstić information content (AvgIpc) is 3.05. The van der Waals surface area contributed by atoms with E-state index in [9.17, 15) is 8.42 Å². The van der Waals surface area contributed by atoms with Crippen molar-refractivity contribution in [2.45, 2.75) is 17.9 Å². The van der Waals surface area contributed by atoms with Crippen molar-refractivity contribution < 1.29 is 17.7 Å². The lowest BCUT2D eigenvalue weighted by molar-refractivity contribution is 0.175. The maximum atomic E-state index is 11.5. The molecule has 1 aromatic heterocycles. The molecule has 0 aliphatic rings. The zero-order chi connectivity index (χ0) is 17.2. The minimum Gasteiger partial charge on any atom is -0.481 e. The Kier molecular flexibility index (Phi) is 4.35. The summed E-state index contributed by atoms with van der Waals surface area (Å²) in [4.78, 5) is 4.58. The molecule has 2 aromatic carbocycles. The van der Waals surface area contributed by atoms with Gasteiger partial charge in [0, 0.05) is 11.8 Å². The summed E-state index contributed by atoms with van der Waals surface area (Å²) < 4.78 is 33.9. The lowest BCUT2D eigenvalue weighted by Crippen LogP contribution is -2.04. The summed E-state index contributed by atoms with van der Waals surface area (Å²) in [5, 5.41) is 3.95. The van der Waals surface area contributed by atoms with Crippen LogP contribution in [0.3, 0.4) is 0 Å². The second kappa shape index (κ2) is 6.45. The lowest BCUT2D eigenvalue weighted by atomic mass is 10.2. The molecule has 1 heterocycles. The van der Waals surface area contributed by atoms with Gasteiger partial charge in [-0.2, -0.15) is 4.98 Å². The molecule has 0 saturated heterocycles. The van der Waals surface area contributed by atoms with Gasteiger partial charge in [0.2, 0.25) is 5.82 Å². The van der Waals surface area contributed by atoms with Crippen LogP contribution < -0.4 is 4.74 Å². The van der Waals surface area contributed by atoms with E-state index in [1.807, 2.05) is 30.3 Å². The minimum atomic E-state index is -3.22. The summed E-state index contributed by atoms with van der Waals surface area (Å²) >= 11 is 0. The number of rotatable bonds is 5. The van der Waals surface area contributed by atoms with Gasteiger partial charge in [0.15, 0.2) is 15.9 Å². The Bertz CT molecular complexity index is 919. The standard InChI is InChI=1S/C17H16N2O4S/c1-12(22-14-8-10-15(11-9-14)24(2,20)21)17-18-16(19-23-17)13-6-4-3-5-7-13/h3-12H,1-2H3. The molecule has 0 N–H and O–H groups in total. The first-order valence-electron chi connectivity index (χ1n) is 7.29. The number of sulfone groups is 1. The number of benzene rings is 2. The second-order valence-corrected chi connectivity index (χ2v) is 7.34. The minimum absolute atomic E-state index is 0.242. The van der Waals surface area contributed by atoms with Crippen LogP contribution in [-0.4, -0.2) is 24.8 Å². The Morgan fingerprint density at radius 2 is 1.71 bits per heavy atom. The molecule has 0 aliphatic heterocycles. The van der Waals surface area contributed by atoms with E-state index in [1.165, 1.54) is 12.1 Å². The normalized spacial score (nSPS) is 12.8. The summed E-state index contributed by atoms with van der Waals surface area (Å²) in [6, 6.07) is 15.7. The van der Waals surface area contributed by atoms with Gasteiger partial charge in [-0.25, -0.2) is 8.42 Å². The monoisotopic (exact) mass is 344 g/mol. The third-order valence-corrected chi connectivity index (χ3v) is 4.51. The highest BCUT2D eigenvalue weighted by Gasteiger charge is 2.17. The lowest BCUT2D eigenvalue weighted by Gasteiger charge is -2.10. The van der Waals surface area contributed by atoms with Gasteiger partial charge in [0.25, 0.3) is 5.89 Å². The van der Waals surface area contributed by atoms with Gasteiger partial charge >= 0.3 is 0 Å². The molecule has 0 fully saturated rings. The fourth-order valence-electron chi connectivity index (χ4n) is 2.12. The molecule has 0 saturated carbocycles. The highest BCUT2D eigenvalue weighted by Crippen LogP contribution is 2.24. The number of aromatic nitrogens is 2. The van der Waals surface area contributed by atoms with Crippen molar-refractivity contribution in [1.82, 2.24) is 10.1 Å². The molecule has 124 valence electrons. The van der Waals surface area contributed by atoms with Crippen molar-refractivity contribution >= 4 is 9.84 Å². The van der Waals surface area contributed by atoms with Gasteiger partial charge in [-0.15, -0.1) is 0 Å². The molecule has 0 aliphatic carbocycles. The SMILES string of the molecule is CC(Oc1ccc(S(C)(=O)=O)cc1)c1nc(-c2ccccc2)no1. The van der Waals surface area contributed by atoms with E-state index in [0.29, 0.717) is 17.5 Å². The molecule has 1 atom stereocenters. The summed E-state index contributed by atoms with van der Waals surface area (Å²) in [7, 11) is -3.22. The van der Waals surface area contributed by atoms with Gasteiger partial charge in [0.05, 0.1) is 4.90 Å². The zero-order valence-electron chi connectivity index (χ0n) is 13.2. The molecule has 3 aromatic rings. The molecule has 0 bridgehead atoms. The van der Waals surface area contributed by atoms with Crippen LogP contribution in [0.1, 0.15) is 18.9 Å². The van der Waals surface area contributed by atoms with Crippen LogP contribution in [0.2, 0.25) is 0 Å². The van der Waals surface area contributed by atoms with E-state index < -0.39 is 15.9 Å². The third kappa shape index (κ3) is 3.62. The predicted octanol–water partition coefficient (Wildman–Crippen LogP) is 3.28. The molecule has 24 heavy (non-hydrogen) atoms. The zero-order valence-corrected chi connectivity index (χ0v) is 14.0. The van der Waals surface area contributed by atoms with E-state index in [4.69, 9.17) is 9.26 Å². The Morgan fingerprint density at radius 3 is 2.33 bits per heavy atom. The topological polar surface area (TPSA) is 82.3 Å². The quantitative estimate of drug-likeness (QED) is 0.706. The van der Waals surface area contributed by atoms with Crippen molar-refractivity contribution in [3.63, 3.8) is 0 Å². The molecule has 6 nitrogen and oxygen atoms in total. The largest absolute Gasteiger partial charge is 0.481 e. The Hall–Kier alpha value is -2.67. The van der Waals surface area contributed by atoms with Crippen molar-refractivity contribution in [1.29, 1.82) is 0 Å². The van der Waals surface area contributed by atoms with Gasteiger partial charge in [-0.1, -0.05) is 35.5 Å². The molecular weight excluding hydrogens is 328 g/mol. The first-order valence-corrected chi connectivity index (χ1v) is 9.18. The smallest absolute Gasteiger partial charge is 0.267 e. The maximum absolute atomic E-state index is 11.5. The Balaban J connectivity index is 1.74. The van der Waals surface area contributed by atoms with Crippen LogP contribution in [0.4, 0.5) is 0 Å². The molecular formula is C17H16N2O4S. The van der Waals surface area contributed by atoms with Crippen LogP contribution in [0.5, 0.6) is 5.75 Å². The van der Waals surface area contributed by atoms with Crippen LogP contribution >= 0.6 is 0 Å². The number of hydrogen-bond donors (Lipinski definition) is 0. The molecule has 3 rings (SSSR count). The van der Waals surface area contributed by atoms with Crippen LogP contribution in [0.25, 0.3) is 11.4 Å². The third-order valence-electron chi connectivity index (χ3n) is 3.39. The van der Waals surface area contributed by atoms with Crippen molar-refractivity contribution in [2.24, 2.45) is 0 Å². The fraction of sp³-hybridized carbons (Fsp3) is 0.176. The van der Waals surface area contributed by atoms with E-state index in [2.05, 4.69) is 10.1 Å². The summed E-state index contributed by atoms with van der Waals surface area (Å²) in [6.45, 7) is 1.78. The van der Waals surface area contributed by atoms with Crippen molar-refractivity contribution in [3.8, 4) is 17.1 Å². The Labute approximate surface area is 140 Å². The number of hydrogen-bond acceptors (Lipinski definition) is 6. The van der Waals surface area contributed by atoms with Gasteiger partial charge in [0.1, 0.15) is 5.75 Å². The number of ether oxygens (including phenoxy) is 1. The van der Waals surface area contributed by atoms with Crippen molar-refractivity contribution in [2.75, 3.05) is 6.26 Å². The Morgan fingerprint density at radius 1 is 1.04 bits per heavy atom. The molecule has 1 unspecified atom stereocenters. The van der Waals surface area contributed by atoms with Crippen LogP contribution in [0.15, 0.2) is 64.0 Å². The van der Waals surface area contributed by atoms with Crippen LogP contribution in [0, 0.1) is 0 Å². The predicted molar refractivity (Wildman–Crippen MR) is 88.3 cm³/mol. The average molecular weight is 344 g/mol. The molecule has 0 amide bonds. The second-order valence-electron chi connectivity index (χ2n) is 5.33. The van der Waals surface area contributed by atoms with Gasteiger partial charge < -0.3 is 9.26 Å². The summed E-state index contributed by atoms with van der Waals surface area (Å²) in [5.74, 6) is 1.36. The van der Waals surface area contributed by atoms with Gasteiger partial charge in [-0.05, 0) is 31.2 Å². The summed E-state index contributed by atoms with van der Waals surface area (Å²) in [5.41, 5.74) is 0.859. The van der Waals surface area contributed by atoms with E-state index >= 15 is 0 Å². The van der Waals surface area contributed by atoms with Gasteiger partial charge in [-0.3, -0.25) is 0 Å². The molecule has 0 spiro atoms. The van der Waals surface area contributed by atoms with Crippen molar-refractivity contribution in [3.05, 3.63) is 60.5 Å². The highest BCUT2D eigenvalue weighted by atomic mass is 32.2. The number of nitrogens with zero attached hydrogens (tertiary/aromatic N) is 2. The van der Waals surface area contributed by atoms with E-state index in [1.54, 1.807) is 19.1 Å². The molecule has 7 heteroatoms. The van der Waals surface area contributed by atoms with Crippen LogP contribution in [-0.2, 0) is 9.84 Å². The first kappa shape index (κ1) is 16.2. The fourth-order valence-corrected chi connectivity index (χ4v) is 2.76. The maximum Gasteiger partial charge on any atom is 0.267 e. The summed E-state index contributed by atoms with van der Waals surface area (Å²) in [6.07, 6.45) is 0.703. The first-order chi connectivity index (χ1) is 11.4. The highest BCUT2D eigenvalue weighted by molar-refractivity contribution is 7.90. The molecule has 0 radical (unpaired) electrons. The van der Waals surface area contributed by atoms with E-state index in [0.717, 1.165) is 11.8 Å². The van der Waals surface area contributed by atoms with E-state index in [-0.39, 0.29) is 4.90 Å².